The molecule has 0 amide bonds. The number of allylic oxidation sites excluding steroid dienone is 1. The highest BCUT2D eigenvalue weighted by atomic mass is 16.5. The molecule has 2 aromatic rings. The Labute approximate surface area is 147 Å². The summed E-state index contributed by atoms with van der Waals surface area (Å²) in [5, 5.41) is 0. The first-order chi connectivity index (χ1) is 12.1. The lowest BCUT2D eigenvalue weighted by molar-refractivity contribution is 0.101. The van der Waals surface area contributed by atoms with Gasteiger partial charge in [-0.2, -0.15) is 0 Å². The molecule has 0 saturated heterocycles. The highest BCUT2D eigenvalue weighted by Crippen LogP contribution is 2.35. The number of Topliss-reactive ketones (excluding diaryl/α,β-unsaturated/α-hetero) is 1. The predicted octanol–water partition coefficient (Wildman–Crippen LogP) is 4.66. The second-order valence-corrected chi connectivity index (χ2v) is 5.85. The lowest BCUT2D eigenvalue weighted by Crippen LogP contribution is -1.98. The van der Waals surface area contributed by atoms with Crippen molar-refractivity contribution in [2.45, 2.75) is 13.8 Å². The Kier molecular flexibility index (Phi) is 4.89. The van der Waals surface area contributed by atoms with E-state index in [1.54, 1.807) is 24.3 Å². The molecule has 0 fully saturated rings. The van der Waals surface area contributed by atoms with Crippen LogP contribution in [0.3, 0.4) is 0 Å². The number of hydrogen-bond acceptors (Lipinski definition) is 4. The molecule has 25 heavy (non-hydrogen) atoms. The van der Waals surface area contributed by atoms with Crippen LogP contribution < -0.4 is 14.2 Å². The number of carbonyl (C=O) groups excluding carboxylic acids is 1. The minimum Gasteiger partial charge on any atom is -0.494 e. The second-order valence-electron chi connectivity index (χ2n) is 5.85. The van der Waals surface area contributed by atoms with E-state index in [1.807, 2.05) is 38.1 Å². The van der Waals surface area contributed by atoms with Crippen LogP contribution in [0.1, 0.15) is 29.8 Å². The van der Waals surface area contributed by atoms with Crippen LogP contribution in [0.4, 0.5) is 0 Å². The van der Waals surface area contributed by atoms with Crippen LogP contribution >= 0.6 is 0 Å². The molecule has 1 aliphatic rings. The zero-order chi connectivity index (χ0) is 17.8. The molecule has 4 heteroatoms. The predicted molar refractivity (Wildman–Crippen MR) is 97.3 cm³/mol. The first-order valence-electron chi connectivity index (χ1n) is 8.15. The van der Waals surface area contributed by atoms with Gasteiger partial charge < -0.3 is 14.2 Å². The molecule has 1 heterocycles. The van der Waals surface area contributed by atoms with Gasteiger partial charge in [-0.25, -0.2) is 0 Å². The SMILES string of the molecule is C=C(C)COc1ccc2c(c1)OC(=Cc1ccc(OCC)cc1)C2=O. The lowest BCUT2D eigenvalue weighted by Gasteiger charge is -2.06. The Bertz CT molecular complexity index is 831. The second kappa shape index (κ2) is 7.26. The summed E-state index contributed by atoms with van der Waals surface area (Å²) in [5.74, 6) is 2.13. The molecule has 0 radical (unpaired) electrons. The number of fused-ring (bicyclic) bond motifs is 1. The van der Waals surface area contributed by atoms with Crippen LogP contribution in [-0.2, 0) is 0 Å². The average molecular weight is 336 g/mol. The van der Waals surface area contributed by atoms with E-state index >= 15 is 0 Å². The minimum atomic E-state index is -0.129. The van der Waals surface area contributed by atoms with E-state index in [4.69, 9.17) is 14.2 Å². The summed E-state index contributed by atoms with van der Waals surface area (Å²) in [5.41, 5.74) is 2.34. The van der Waals surface area contributed by atoms with Gasteiger partial charge in [0.15, 0.2) is 5.76 Å². The molecule has 0 bridgehead atoms. The molecule has 4 nitrogen and oxygen atoms in total. The third-order valence-electron chi connectivity index (χ3n) is 3.62. The maximum atomic E-state index is 12.5. The Morgan fingerprint density at radius 3 is 2.52 bits per heavy atom. The average Bonchev–Trinajstić information content (AvgIpc) is 2.90. The van der Waals surface area contributed by atoms with Crippen molar-refractivity contribution >= 4 is 11.9 Å². The molecule has 0 aliphatic carbocycles. The number of benzene rings is 2. The van der Waals surface area contributed by atoms with E-state index in [0.29, 0.717) is 36.0 Å². The van der Waals surface area contributed by atoms with Crippen LogP contribution in [0.15, 0.2) is 60.4 Å². The van der Waals surface area contributed by atoms with Gasteiger partial charge in [-0.3, -0.25) is 4.79 Å². The molecule has 128 valence electrons. The molecule has 3 rings (SSSR count). The molecule has 0 N–H and O–H groups in total. The van der Waals surface area contributed by atoms with E-state index in [1.165, 1.54) is 0 Å². The van der Waals surface area contributed by atoms with Crippen molar-refractivity contribution in [1.29, 1.82) is 0 Å². The van der Waals surface area contributed by atoms with Gasteiger partial charge in [0.2, 0.25) is 5.78 Å². The molecular formula is C21H20O4. The van der Waals surface area contributed by atoms with Crippen molar-refractivity contribution in [2.24, 2.45) is 0 Å². The number of carbonyl (C=O) groups is 1. The largest absolute Gasteiger partial charge is 0.494 e. The minimum absolute atomic E-state index is 0.129. The molecular weight excluding hydrogens is 316 g/mol. The molecule has 2 aromatic carbocycles. The van der Waals surface area contributed by atoms with E-state index in [2.05, 4.69) is 6.58 Å². The quantitative estimate of drug-likeness (QED) is 0.569. The van der Waals surface area contributed by atoms with Crippen LogP contribution in [0, 0.1) is 0 Å². The third-order valence-corrected chi connectivity index (χ3v) is 3.62. The summed E-state index contributed by atoms with van der Waals surface area (Å²) < 4.78 is 16.7. The zero-order valence-corrected chi connectivity index (χ0v) is 14.4. The summed E-state index contributed by atoms with van der Waals surface area (Å²) in [6, 6.07) is 12.7. The summed E-state index contributed by atoms with van der Waals surface area (Å²) in [7, 11) is 0. The first-order valence-corrected chi connectivity index (χ1v) is 8.15. The monoisotopic (exact) mass is 336 g/mol. The Hall–Kier alpha value is -3.01. The Morgan fingerprint density at radius 2 is 1.84 bits per heavy atom. The highest BCUT2D eigenvalue weighted by molar-refractivity contribution is 6.14. The highest BCUT2D eigenvalue weighted by Gasteiger charge is 2.27. The van der Waals surface area contributed by atoms with Crippen LogP contribution in [0.2, 0.25) is 0 Å². The Balaban J connectivity index is 1.78. The normalized spacial score (nSPS) is 14.2. The van der Waals surface area contributed by atoms with Crippen LogP contribution in [0.5, 0.6) is 17.2 Å². The molecule has 0 spiro atoms. The molecule has 0 unspecified atom stereocenters. The first kappa shape index (κ1) is 16.8. The van der Waals surface area contributed by atoms with Crippen molar-refractivity contribution in [3.8, 4) is 17.2 Å². The fourth-order valence-corrected chi connectivity index (χ4v) is 2.44. The maximum Gasteiger partial charge on any atom is 0.231 e. The van der Waals surface area contributed by atoms with Gasteiger partial charge in [0, 0.05) is 6.07 Å². The standard InChI is InChI=1S/C21H20O4/c1-4-23-16-7-5-15(6-8-16)11-20-21(22)18-10-9-17(12-19(18)25-20)24-13-14(2)3/h5-12H,2,4,13H2,1,3H3. The van der Waals surface area contributed by atoms with Crippen LogP contribution in [0.25, 0.3) is 6.08 Å². The molecule has 0 aromatic heterocycles. The van der Waals surface area contributed by atoms with E-state index in [-0.39, 0.29) is 5.78 Å². The van der Waals surface area contributed by atoms with Gasteiger partial charge in [-0.1, -0.05) is 18.7 Å². The molecule has 0 saturated carbocycles. The summed E-state index contributed by atoms with van der Waals surface area (Å²) in [6.07, 6.45) is 1.73. The van der Waals surface area contributed by atoms with E-state index in [0.717, 1.165) is 16.9 Å². The topological polar surface area (TPSA) is 44.8 Å². The number of ketones is 1. The third kappa shape index (κ3) is 3.91. The van der Waals surface area contributed by atoms with E-state index in [9.17, 15) is 4.79 Å². The fourth-order valence-electron chi connectivity index (χ4n) is 2.44. The van der Waals surface area contributed by atoms with Gasteiger partial charge >= 0.3 is 0 Å². The fraction of sp³-hybridized carbons (Fsp3) is 0.190. The smallest absolute Gasteiger partial charge is 0.231 e. The molecule has 0 atom stereocenters. The van der Waals surface area contributed by atoms with Crippen molar-refractivity contribution in [2.75, 3.05) is 13.2 Å². The lowest BCUT2D eigenvalue weighted by atomic mass is 10.1. The van der Waals surface area contributed by atoms with Gasteiger partial charge in [-0.05, 0) is 55.3 Å². The maximum absolute atomic E-state index is 12.5. The summed E-state index contributed by atoms with van der Waals surface area (Å²) >= 11 is 0. The van der Waals surface area contributed by atoms with Crippen molar-refractivity contribution < 1.29 is 19.0 Å². The summed E-state index contributed by atoms with van der Waals surface area (Å²) in [6.45, 7) is 8.68. The number of rotatable bonds is 6. The van der Waals surface area contributed by atoms with Gasteiger partial charge in [-0.15, -0.1) is 0 Å². The Morgan fingerprint density at radius 1 is 1.12 bits per heavy atom. The molecule has 1 aliphatic heterocycles. The zero-order valence-electron chi connectivity index (χ0n) is 14.4. The van der Waals surface area contributed by atoms with Gasteiger partial charge in [0.25, 0.3) is 0 Å². The summed E-state index contributed by atoms with van der Waals surface area (Å²) in [4.78, 5) is 12.5. The van der Waals surface area contributed by atoms with Crippen molar-refractivity contribution in [3.63, 3.8) is 0 Å². The van der Waals surface area contributed by atoms with Crippen molar-refractivity contribution in [3.05, 3.63) is 71.5 Å². The van der Waals surface area contributed by atoms with Crippen molar-refractivity contribution in [1.82, 2.24) is 0 Å². The van der Waals surface area contributed by atoms with Gasteiger partial charge in [0.05, 0.1) is 12.2 Å². The van der Waals surface area contributed by atoms with E-state index < -0.39 is 0 Å². The number of ether oxygens (including phenoxy) is 3. The number of hydrogen-bond donors (Lipinski definition) is 0. The van der Waals surface area contributed by atoms with Crippen LogP contribution in [-0.4, -0.2) is 19.0 Å². The van der Waals surface area contributed by atoms with Gasteiger partial charge in [0.1, 0.15) is 23.9 Å².